The number of benzene rings is 2. The zero-order valence-electron chi connectivity index (χ0n) is 16.4. The van der Waals surface area contributed by atoms with Crippen LogP contribution in [0.4, 0.5) is 0 Å². The van der Waals surface area contributed by atoms with E-state index in [2.05, 4.69) is 84.7 Å². The molecule has 3 heteroatoms. The number of imidazole rings is 1. The molecule has 0 aliphatic carbocycles. The minimum absolute atomic E-state index is 0.144. The van der Waals surface area contributed by atoms with Gasteiger partial charge in [0.25, 0.3) is 0 Å². The Morgan fingerprint density at radius 1 is 1.08 bits per heavy atom. The first-order valence-electron chi connectivity index (χ1n) is 9.68. The summed E-state index contributed by atoms with van der Waals surface area (Å²) < 4.78 is 2.22. The fraction of sp³-hybridized carbons (Fsp3) is 0.435. The molecule has 4 rings (SSSR count). The zero-order chi connectivity index (χ0) is 18.3. The zero-order valence-corrected chi connectivity index (χ0v) is 16.4. The average Bonchev–Trinajstić information content (AvgIpc) is 3.04. The van der Waals surface area contributed by atoms with Gasteiger partial charge in [0.1, 0.15) is 6.33 Å². The van der Waals surface area contributed by atoms with Crippen molar-refractivity contribution in [2.24, 2.45) is 0 Å². The smallest absolute Gasteiger partial charge is 0.100 e. The van der Waals surface area contributed by atoms with Gasteiger partial charge in [-0.2, -0.15) is 0 Å². The molecule has 3 nitrogen and oxygen atoms in total. The van der Waals surface area contributed by atoms with Gasteiger partial charge in [0.05, 0.1) is 11.0 Å². The number of likely N-dealkylation sites (tertiary alicyclic amines) is 1. The average molecular weight is 348 g/mol. The first kappa shape index (κ1) is 17.3. The van der Waals surface area contributed by atoms with Crippen LogP contribution in [0.3, 0.4) is 0 Å². The van der Waals surface area contributed by atoms with E-state index in [0.29, 0.717) is 5.92 Å². The molecule has 2 aromatic carbocycles. The molecule has 1 unspecified atom stereocenters. The third-order valence-corrected chi connectivity index (χ3v) is 5.66. The normalized spacial score (nSPS) is 19.2. The summed E-state index contributed by atoms with van der Waals surface area (Å²) in [5, 5.41) is 0. The van der Waals surface area contributed by atoms with Crippen molar-refractivity contribution in [1.82, 2.24) is 14.5 Å². The maximum absolute atomic E-state index is 4.68. The highest BCUT2D eigenvalue weighted by molar-refractivity contribution is 5.78. The highest BCUT2D eigenvalue weighted by Gasteiger charge is 2.20. The standard InChI is InChI=1S/C23H29N3/c1-23(2,3)19-10-11-22-21(14-19)24-16-26(22)20-9-5-7-17(13-20)18-8-6-12-25(4)15-18/h5,7,9-11,13-14,16,18H,6,8,12,15H2,1-4H3. The van der Waals surface area contributed by atoms with Gasteiger partial charge in [0, 0.05) is 12.2 Å². The summed E-state index contributed by atoms with van der Waals surface area (Å²) in [6, 6.07) is 15.7. The SMILES string of the molecule is CN1CCCC(c2cccc(-n3cnc4cc(C(C)(C)C)ccc43)c2)C1. The Labute approximate surface area is 156 Å². The number of nitrogens with zero attached hydrogens (tertiary/aromatic N) is 3. The van der Waals surface area contributed by atoms with Crippen LogP contribution in [0.1, 0.15) is 50.7 Å². The first-order valence-corrected chi connectivity index (χ1v) is 9.68. The summed E-state index contributed by atoms with van der Waals surface area (Å²) in [4.78, 5) is 7.12. The molecule has 3 aromatic rings. The second kappa shape index (κ2) is 6.55. The second-order valence-electron chi connectivity index (χ2n) is 8.76. The molecule has 1 saturated heterocycles. The first-order chi connectivity index (χ1) is 12.4. The molecular formula is C23H29N3. The van der Waals surface area contributed by atoms with Gasteiger partial charge in [-0.3, -0.25) is 4.57 Å². The maximum atomic E-state index is 4.68. The number of hydrogen-bond donors (Lipinski definition) is 0. The Morgan fingerprint density at radius 2 is 1.92 bits per heavy atom. The minimum Gasteiger partial charge on any atom is -0.306 e. The summed E-state index contributed by atoms with van der Waals surface area (Å²) >= 11 is 0. The monoisotopic (exact) mass is 347 g/mol. The molecule has 0 spiro atoms. The van der Waals surface area contributed by atoms with Gasteiger partial charge in [-0.05, 0) is 73.2 Å². The van der Waals surface area contributed by atoms with Gasteiger partial charge >= 0.3 is 0 Å². The molecule has 1 aromatic heterocycles. The van der Waals surface area contributed by atoms with Gasteiger partial charge in [0.2, 0.25) is 0 Å². The molecule has 0 amide bonds. The van der Waals surface area contributed by atoms with Crippen LogP contribution >= 0.6 is 0 Å². The van der Waals surface area contributed by atoms with Gasteiger partial charge in [0.15, 0.2) is 0 Å². The second-order valence-corrected chi connectivity index (χ2v) is 8.76. The number of hydrogen-bond acceptors (Lipinski definition) is 2. The molecule has 1 aliphatic heterocycles. The van der Waals surface area contributed by atoms with E-state index >= 15 is 0 Å². The van der Waals surface area contributed by atoms with Crippen molar-refractivity contribution in [3.05, 3.63) is 59.9 Å². The van der Waals surface area contributed by atoms with Crippen molar-refractivity contribution in [1.29, 1.82) is 0 Å². The molecule has 1 atom stereocenters. The number of fused-ring (bicyclic) bond motifs is 1. The van der Waals surface area contributed by atoms with Gasteiger partial charge in [-0.25, -0.2) is 4.98 Å². The fourth-order valence-electron chi connectivity index (χ4n) is 4.05. The summed E-state index contributed by atoms with van der Waals surface area (Å²) in [7, 11) is 2.23. The Morgan fingerprint density at radius 3 is 2.69 bits per heavy atom. The Hall–Kier alpha value is -2.13. The molecule has 2 heterocycles. The van der Waals surface area contributed by atoms with Crippen LogP contribution in [-0.2, 0) is 5.41 Å². The van der Waals surface area contributed by atoms with Crippen LogP contribution in [0.15, 0.2) is 48.8 Å². The molecule has 0 bridgehead atoms. The Kier molecular flexibility index (Phi) is 4.36. The molecule has 1 fully saturated rings. The summed E-state index contributed by atoms with van der Waals surface area (Å²) in [5.74, 6) is 0.635. The molecular weight excluding hydrogens is 318 g/mol. The lowest BCUT2D eigenvalue weighted by molar-refractivity contribution is 0.251. The van der Waals surface area contributed by atoms with Crippen molar-refractivity contribution in [3.8, 4) is 5.69 Å². The molecule has 136 valence electrons. The van der Waals surface area contributed by atoms with E-state index in [0.717, 1.165) is 12.1 Å². The summed E-state index contributed by atoms with van der Waals surface area (Å²) in [6.45, 7) is 9.11. The van der Waals surface area contributed by atoms with E-state index in [1.54, 1.807) is 0 Å². The van der Waals surface area contributed by atoms with Crippen molar-refractivity contribution in [3.63, 3.8) is 0 Å². The molecule has 0 N–H and O–H groups in total. The Balaban J connectivity index is 1.70. The van der Waals surface area contributed by atoms with E-state index < -0.39 is 0 Å². The molecule has 0 radical (unpaired) electrons. The van der Waals surface area contributed by atoms with Gasteiger partial charge in [-0.15, -0.1) is 0 Å². The number of aromatic nitrogens is 2. The van der Waals surface area contributed by atoms with Crippen LogP contribution in [0.25, 0.3) is 16.7 Å². The lowest BCUT2D eigenvalue weighted by Crippen LogP contribution is -2.30. The highest BCUT2D eigenvalue weighted by atomic mass is 15.1. The van der Waals surface area contributed by atoms with Crippen LogP contribution < -0.4 is 0 Å². The lowest BCUT2D eigenvalue weighted by Gasteiger charge is -2.30. The van der Waals surface area contributed by atoms with Crippen molar-refractivity contribution < 1.29 is 0 Å². The van der Waals surface area contributed by atoms with E-state index in [9.17, 15) is 0 Å². The Bertz CT molecular complexity index is 917. The van der Waals surface area contributed by atoms with Crippen LogP contribution in [-0.4, -0.2) is 34.6 Å². The van der Waals surface area contributed by atoms with Crippen molar-refractivity contribution in [2.75, 3.05) is 20.1 Å². The maximum Gasteiger partial charge on any atom is 0.100 e. The third-order valence-electron chi connectivity index (χ3n) is 5.66. The largest absolute Gasteiger partial charge is 0.306 e. The van der Waals surface area contributed by atoms with Crippen molar-refractivity contribution >= 4 is 11.0 Å². The quantitative estimate of drug-likeness (QED) is 0.640. The van der Waals surface area contributed by atoms with E-state index in [4.69, 9.17) is 0 Å². The van der Waals surface area contributed by atoms with Gasteiger partial charge in [-0.1, -0.05) is 39.0 Å². The van der Waals surface area contributed by atoms with Crippen LogP contribution in [0.5, 0.6) is 0 Å². The van der Waals surface area contributed by atoms with Gasteiger partial charge < -0.3 is 4.90 Å². The minimum atomic E-state index is 0.144. The number of rotatable bonds is 2. The van der Waals surface area contributed by atoms with Crippen LogP contribution in [0, 0.1) is 0 Å². The third kappa shape index (κ3) is 3.28. The number of piperidine rings is 1. The fourth-order valence-corrected chi connectivity index (χ4v) is 4.05. The molecule has 26 heavy (non-hydrogen) atoms. The van der Waals surface area contributed by atoms with Crippen LogP contribution in [0.2, 0.25) is 0 Å². The van der Waals surface area contributed by atoms with E-state index in [-0.39, 0.29) is 5.41 Å². The topological polar surface area (TPSA) is 21.1 Å². The summed E-state index contributed by atoms with van der Waals surface area (Å²) in [5.41, 5.74) is 6.37. The molecule has 1 aliphatic rings. The lowest BCUT2D eigenvalue weighted by atomic mass is 9.87. The molecule has 0 saturated carbocycles. The van der Waals surface area contributed by atoms with E-state index in [1.807, 2.05) is 6.33 Å². The van der Waals surface area contributed by atoms with E-state index in [1.165, 1.54) is 41.7 Å². The predicted molar refractivity (Wildman–Crippen MR) is 109 cm³/mol. The number of likely N-dealkylation sites (N-methyl/N-ethyl adjacent to an activating group) is 1. The van der Waals surface area contributed by atoms with Crippen molar-refractivity contribution in [2.45, 2.75) is 44.9 Å². The highest BCUT2D eigenvalue weighted by Crippen LogP contribution is 2.30. The summed E-state index contributed by atoms with van der Waals surface area (Å²) in [6.07, 6.45) is 4.53. The predicted octanol–water partition coefficient (Wildman–Crippen LogP) is 5.13.